The highest BCUT2D eigenvalue weighted by atomic mass is 79.9. The van der Waals surface area contributed by atoms with Gasteiger partial charge >= 0.3 is 0 Å². The Morgan fingerprint density at radius 1 is 1.26 bits per heavy atom. The van der Waals surface area contributed by atoms with Gasteiger partial charge in [-0.25, -0.2) is 9.97 Å². The fourth-order valence-electron chi connectivity index (χ4n) is 2.59. The Morgan fingerprint density at radius 3 is 2.79 bits per heavy atom. The van der Waals surface area contributed by atoms with Crippen molar-refractivity contribution in [1.82, 2.24) is 9.97 Å². The second-order valence-electron chi connectivity index (χ2n) is 4.97. The van der Waals surface area contributed by atoms with E-state index in [2.05, 4.69) is 36.9 Å². The second-order valence-corrected chi connectivity index (χ2v) is 5.89. The minimum absolute atomic E-state index is 0.296. The zero-order chi connectivity index (χ0) is 13.2. The van der Waals surface area contributed by atoms with E-state index in [-0.39, 0.29) is 0 Å². The van der Waals surface area contributed by atoms with Crippen molar-refractivity contribution in [3.05, 3.63) is 29.0 Å². The average Bonchev–Trinajstić information content (AvgIpc) is 2.47. The molecule has 2 aromatic rings. The van der Waals surface area contributed by atoms with Crippen LogP contribution in [0.15, 0.2) is 29.0 Å². The lowest BCUT2D eigenvalue weighted by atomic mass is 9.98. The molecule has 0 amide bonds. The second kappa shape index (κ2) is 5.43. The first-order valence-electron chi connectivity index (χ1n) is 6.54. The van der Waals surface area contributed by atoms with Crippen LogP contribution < -0.4 is 4.90 Å². The van der Waals surface area contributed by atoms with Crippen molar-refractivity contribution in [3.8, 4) is 0 Å². The molecule has 100 valence electrons. The van der Waals surface area contributed by atoms with E-state index in [9.17, 15) is 5.11 Å². The summed E-state index contributed by atoms with van der Waals surface area (Å²) in [4.78, 5) is 11.1. The van der Waals surface area contributed by atoms with Crippen LogP contribution >= 0.6 is 15.9 Å². The monoisotopic (exact) mass is 321 g/mol. The Morgan fingerprint density at radius 2 is 2.05 bits per heavy atom. The third-order valence-corrected chi connectivity index (χ3v) is 4.24. The average molecular weight is 322 g/mol. The van der Waals surface area contributed by atoms with E-state index < -0.39 is 0 Å². The van der Waals surface area contributed by atoms with E-state index in [4.69, 9.17) is 0 Å². The Bertz CT molecular complexity index is 582. The van der Waals surface area contributed by atoms with Gasteiger partial charge in [-0.2, -0.15) is 0 Å². The number of rotatable bonds is 2. The zero-order valence-electron chi connectivity index (χ0n) is 10.6. The minimum atomic E-state index is 0.296. The van der Waals surface area contributed by atoms with Crippen LogP contribution in [-0.4, -0.2) is 34.8 Å². The quantitative estimate of drug-likeness (QED) is 0.923. The van der Waals surface area contributed by atoms with Crippen LogP contribution in [0, 0.1) is 5.92 Å². The molecule has 2 heterocycles. The van der Waals surface area contributed by atoms with Crippen LogP contribution in [0.3, 0.4) is 0 Å². The third kappa shape index (κ3) is 2.58. The van der Waals surface area contributed by atoms with Crippen LogP contribution in [0.5, 0.6) is 0 Å². The molecule has 1 aromatic carbocycles. The van der Waals surface area contributed by atoms with Gasteiger partial charge in [-0.05, 0) is 37.0 Å². The molecule has 0 bridgehead atoms. The van der Waals surface area contributed by atoms with Crippen LogP contribution in [0.1, 0.15) is 12.8 Å². The molecule has 19 heavy (non-hydrogen) atoms. The van der Waals surface area contributed by atoms with Gasteiger partial charge in [0.25, 0.3) is 0 Å². The van der Waals surface area contributed by atoms with E-state index >= 15 is 0 Å². The van der Waals surface area contributed by atoms with Crippen molar-refractivity contribution in [2.24, 2.45) is 5.92 Å². The van der Waals surface area contributed by atoms with E-state index in [1.165, 1.54) is 0 Å². The van der Waals surface area contributed by atoms with E-state index in [1.807, 2.05) is 12.1 Å². The number of benzene rings is 1. The molecule has 1 fully saturated rings. The number of aromatic nitrogens is 2. The van der Waals surface area contributed by atoms with E-state index in [0.29, 0.717) is 12.5 Å². The lowest BCUT2D eigenvalue weighted by Crippen LogP contribution is -2.35. The number of nitrogens with zero attached hydrogens (tertiary/aromatic N) is 3. The zero-order valence-corrected chi connectivity index (χ0v) is 12.2. The summed E-state index contributed by atoms with van der Waals surface area (Å²) in [6.07, 6.45) is 3.68. The number of piperidine rings is 1. The summed E-state index contributed by atoms with van der Waals surface area (Å²) in [7, 11) is 0. The van der Waals surface area contributed by atoms with Gasteiger partial charge in [0.2, 0.25) is 0 Å². The third-order valence-electron chi connectivity index (χ3n) is 3.75. The maximum absolute atomic E-state index is 9.21. The van der Waals surface area contributed by atoms with Crippen molar-refractivity contribution >= 4 is 32.7 Å². The van der Waals surface area contributed by atoms with Crippen molar-refractivity contribution in [1.29, 1.82) is 0 Å². The fourth-order valence-corrected chi connectivity index (χ4v) is 2.96. The molecule has 0 atom stereocenters. The summed E-state index contributed by atoms with van der Waals surface area (Å²) < 4.78 is 1.04. The summed E-state index contributed by atoms with van der Waals surface area (Å²) in [5.74, 6) is 1.44. The van der Waals surface area contributed by atoms with Gasteiger partial charge in [0.15, 0.2) is 0 Å². The number of halogens is 1. The maximum atomic E-state index is 9.21. The van der Waals surface area contributed by atoms with Crippen LogP contribution in [0.25, 0.3) is 10.9 Å². The predicted octanol–water partition coefficient (Wildman–Crippen LogP) is 2.60. The molecule has 1 N–H and O–H groups in total. The maximum Gasteiger partial charge on any atom is 0.139 e. The predicted molar refractivity (Wildman–Crippen MR) is 79.3 cm³/mol. The molecule has 1 aromatic heterocycles. The van der Waals surface area contributed by atoms with Gasteiger partial charge in [0, 0.05) is 29.6 Å². The molecular weight excluding hydrogens is 306 g/mol. The van der Waals surface area contributed by atoms with E-state index in [0.717, 1.165) is 47.1 Å². The number of aliphatic hydroxyl groups is 1. The smallest absolute Gasteiger partial charge is 0.139 e. The molecule has 4 nitrogen and oxygen atoms in total. The summed E-state index contributed by atoms with van der Waals surface area (Å²) in [5.41, 5.74) is 0.970. The lowest BCUT2D eigenvalue weighted by molar-refractivity contribution is 0.203. The molecule has 1 aliphatic rings. The Labute approximate surface area is 120 Å². The van der Waals surface area contributed by atoms with Gasteiger partial charge in [-0.15, -0.1) is 0 Å². The molecule has 5 heteroatoms. The molecular formula is C14H16BrN3O. The lowest BCUT2D eigenvalue weighted by Gasteiger charge is -2.32. The first-order valence-corrected chi connectivity index (χ1v) is 7.33. The number of hydrogen-bond acceptors (Lipinski definition) is 4. The fraction of sp³-hybridized carbons (Fsp3) is 0.429. The number of aliphatic hydroxyl groups excluding tert-OH is 1. The SMILES string of the molecule is OCC1CCN(c2ncnc3ccc(Br)cc23)CC1. The molecule has 0 unspecified atom stereocenters. The van der Waals surface area contributed by atoms with Gasteiger partial charge < -0.3 is 10.0 Å². The minimum Gasteiger partial charge on any atom is -0.396 e. The van der Waals surface area contributed by atoms with Gasteiger partial charge in [0.1, 0.15) is 12.1 Å². The van der Waals surface area contributed by atoms with Crippen molar-refractivity contribution < 1.29 is 5.11 Å². The van der Waals surface area contributed by atoms with Gasteiger partial charge in [-0.3, -0.25) is 0 Å². The molecule has 0 spiro atoms. The highest BCUT2D eigenvalue weighted by Gasteiger charge is 2.21. The van der Waals surface area contributed by atoms with Gasteiger partial charge in [-0.1, -0.05) is 15.9 Å². The van der Waals surface area contributed by atoms with Gasteiger partial charge in [0.05, 0.1) is 5.52 Å². The molecule has 1 aliphatic heterocycles. The topological polar surface area (TPSA) is 49.2 Å². The number of anilines is 1. The highest BCUT2D eigenvalue weighted by molar-refractivity contribution is 9.10. The number of hydrogen-bond donors (Lipinski definition) is 1. The van der Waals surface area contributed by atoms with Crippen molar-refractivity contribution in [2.45, 2.75) is 12.8 Å². The molecule has 1 saturated heterocycles. The van der Waals surface area contributed by atoms with E-state index in [1.54, 1.807) is 6.33 Å². The van der Waals surface area contributed by atoms with Crippen LogP contribution in [0.2, 0.25) is 0 Å². The first kappa shape index (κ1) is 12.8. The molecule has 3 rings (SSSR count). The van der Waals surface area contributed by atoms with Crippen molar-refractivity contribution in [3.63, 3.8) is 0 Å². The number of fused-ring (bicyclic) bond motifs is 1. The Balaban J connectivity index is 1.94. The van der Waals surface area contributed by atoms with Crippen LogP contribution in [-0.2, 0) is 0 Å². The summed E-state index contributed by atoms with van der Waals surface area (Å²) in [6.45, 7) is 2.19. The Hall–Kier alpha value is -1.20. The largest absolute Gasteiger partial charge is 0.396 e. The molecule has 0 radical (unpaired) electrons. The van der Waals surface area contributed by atoms with Crippen molar-refractivity contribution in [2.75, 3.05) is 24.6 Å². The van der Waals surface area contributed by atoms with Crippen LogP contribution in [0.4, 0.5) is 5.82 Å². The summed E-state index contributed by atoms with van der Waals surface area (Å²) >= 11 is 3.50. The first-order chi connectivity index (χ1) is 9.28. The highest BCUT2D eigenvalue weighted by Crippen LogP contribution is 2.29. The standard InChI is InChI=1S/C14H16BrN3O/c15-11-1-2-13-12(7-11)14(17-9-16-13)18-5-3-10(8-19)4-6-18/h1-2,7,9-10,19H,3-6,8H2. The summed E-state index contributed by atoms with van der Waals surface area (Å²) in [5, 5.41) is 10.3. The Kier molecular flexibility index (Phi) is 3.66. The normalized spacial score (nSPS) is 17.1. The molecule has 0 saturated carbocycles. The molecule has 0 aliphatic carbocycles. The summed E-state index contributed by atoms with van der Waals surface area (Å²) in [6, 6.07) is 6.07.